The van der Waals surface area contributed by atoms with Crippen LogP contribution in [0.2, 0.25) is 0 Å². The first-order valence-corrected chi connectivity index (χ1v) is 6.68. The SMILES string of the molecule is C#CCCC(NN)c1cc2c(s1)CCCC2. The van der Waals surface area contributed by atoms with E-state index in [1.165, 1.54) is 36.1 Å². The van der Waals surface area contributed by atoms with E-state index in [0.717, 1.165) is 12.8 Å². The number of nitrogens with two attached hydrogens (primary N) is 1. The molecule has 16 heavy (non-hydrogen) atoms. The molecular formula is C13H18N2S. The molecule has 0 amide bonds. The van der Waals surface area contributed by atoms with Gasteiger partial charge in [0.2, 0.25) is 0 Å². The number of hydrogen-bond donors (Lipinski definition) is 2. The molecule has 0 spiro atoms. The van der Waals surface area contributed by atoms with Crippen molar-refractivity contribution < 1.29 is 0 Å². The van der Waals surface area contributed by atoms with Crippen molar-refractivity contribution in [1.29, 1.82) is 0 Å². The van der Waals surface area contributed by atoms with Gasteiger partial charge in [-0.2, -0.15) is 0 Å². The molecule has 1 aromatic heterocycles. The molecule has 0 aliphatic heterocycles. The van der Waals surface area contributed by atoms with Gasteiger partial charge in [0, 0.05) is 16.2 Å². The summed E-state index contributed by atoms with van der Waals surface area (Å²) in [7, 11) is 0. The fourth-order valence-corrected chi connectivity index (χ4v) is 3.57. The van der Waals surface area contributed by atoms with Crippen LogP contribution < -0.4 is 11.3 Å². The van der Waals surface area contributed by atoms with E-state index in [0.29, 0.717) is 0 Å². The molecule has 2 nitrogen and oxygen atoms in total. The van der Waals surface area contributed by atoms with Gasteiger partial charge in [0.25, 0.3) is 0 Å². The van der Waals surface area contributed by atoms with Gasteiger partial charge in [-0.1, -0.05) is 0 Å². The van der Waals surface area contributed by atoms with Crippen LogP contribution in [-0.4, -0.2) is 0 Å². The zero-order valence-corrected chi connectivity index (χ0v) is 10.3. The molecule has 0 aromatic carbocycles. The number of nitrogens with one attached hydrogen (secondary N) is 1. The summed E-state index contributed by atoms with van der Waals surface area (Å²) >= 11 is 1.91. The van der Waals surface area contributed by atoms with E-state index in [-0.39, 0.29) is 6.04 Å². The average Bonchev–Trinajstić information content (AvgIpc) is 2.73. The quantitative estimate of drug-likeness (QED) is 0.477. The minimum atomic E-state index is 0.228. The monoisotopic (exact) mass is 234 g/mol. The van der Waals surface area contributed by atoms with E-state index >= 15 is 0 Å². The molecule has 1 aliphatic carbocycles. The zero-order chi connectivity index (χ0) is 11.4. The predicted molar refractivity (Wildman–Crippen MR) is 69.1 cm³/mol. The number of fused-ring (bicyclic) bond motifs is 1. The number of aryl methyl sites for hydroxylation is 2. The molecule has 1 unspecified atom stereocenters. The summed E-state index contributed by atoms with van der Waals surface area (Å²) in [5, 5.41) is 0. The minimum absolute atomic E-state index is 0.228. The third-order valence-electron chi connectivity index (χ3n) is 3.14. The van der Waals surface area contributed by atoms with Gasteiger partial charge in [0.15, 0.2) is 0 Å². The second-order valence-electron chi connectivity index (χ2n) is 4.27. The maximum atomic E-state index is 5.59. The maximum absolute atomic E-state index is 5.59. The van der Waals surface area contributed by atoms with E-state index in [2.05, 4.69) is 17.4 Å². The molecule has 1 aliphatic rings. The van der Waals surface area contributed by atoms with Crippen molar-refractivity contribution in [3.8, 4) is 12.3 Å². The Labute approximate surface area is 101 Å². The van der Waals surface area contributed by atoms with Crippen LogP contribution in [0.3, 0.4) is 0 Å². The van der Waals surface area contributed by atoms with Crippen molar-refractivity contribution in [3.63, 3.8) is 0 Å². The lowest BCUT2D eigenvalue weighted by Gasteiger charge is -2.11. The van der Waals surface area contributed by atoms with Gasteiger partial charge in [-0.15, -0.1) is 23.7 Å². The summed E-state index contributed by atoms with van der Waals surface area (Å²) in [6.45, 7) is 0. The standard InChI is InChI=1S/C13H18N2S/c1-2-3-7-11(15-14)13-9-10-6-4-5-8-12(10)16-13/h1,9,11,15H,3-8,14H2. The van der Waals surface area contributed by atoms with Crippen LogP contribution in [-0.2, 0) is 12.8 Å². The fourth-order valence-electron chi connectivity index (χ4n) is 2.22. The first-order chi connectivity index (χ1) is 7.85. The van der Waals surface area contributed by atoms with Crippen molar-refractivity contribution in [3.05, 3.63) is 21.4 Å². The molecule has 1 heterocycles. The molecule has 2 rings (SSSR count). The molecule has 1 aromatic rings. The van der Waals surface area contributed by atoms with Crippen LogP contribution in [0.5, 0.6) is 0 Å². The van der Waals surface area contributed by atoms with E-state index in [9.17, 15) is 0 Å². The molecule has 0 saturated carbocycles. The number of terminal acetylenes is 1. The smallest absolute Gasteiger partial charge is 0.0562 e. The minimum Gasteiger partial charge on any atom is -0.271 e. The van der Waals surface area contributed by atoms with Crippen molar-refractivity contribution in [1.82, 2.24) is 5.43 Å². The van der Waals surface area contributed by atoms with Crippen molar-refractivity contribution >= 4 is 11.3 Å². The van der Waals surface area contributed by atoms with Gasteiger partial charge >= 0.3 is 0 Å². The van der Waals surface area contributed by atoms with Gasteiger partial charge < -0.3 is 0 Å². The highest BCUT2D eigenvalue weighted by Crippen LogP contribution is 2.33. The van der Waals surface area contributed by atoms with Crippen LogP contribution in [0.4, 0.5) is 0 Å². The topological polar surface area (TPSA) is 38.0 Å². The van der Waals surface area contributed by atoms with Gasteiger partial charge in [0.1, 0.15) is 0 Å². The van der Waals surface area contributed by atoms with E-state index in [4.69, 9.17) is 12.3 Å². The van der Waals surface area contributed by atoms with Crippen molar-refractivity contribution in [2.24, 2.45) is 5.84 Å². The van der Waals surface area contributed by atoms with Crippen molar-refractivity contribution in [2.75, 3.05) is 0 Å². The van der Waals surface area contributed by atoms with E-state index in [1.54, 1.807) is 4.88 Å². The Bertz CT molecular complexity index is 366. The Kier molecular flexibility index (Phi) is 4.00. The molecule has 86 valence electrons. The summed E-state index contributed by atoms with van der Waals surface area (Å²) in [5.41, 5.74) is 4.41. The Morgan fingerprint density at radius 1 is 1.50 bits per heavy atom. The highest BCUT2D eigenvalue weighted by atomic mass is 32.1. The van der Waals surface area contributed by atoms with Crippen LogP contribution in [0, 0.1) is 12.3 Å². The normalized spacial score (nSPS) is 16.5. The maximum Gasteiger partial charge on any atom is 0.0562 e. The first kappa shape index (κ1) is 11.7. The average molecular weight is 234 g/mol. The van der Waals surface area contributed by atoms with Crippen LogP contribution in [0.1, 0.15) is 47.0 Å². The second kappa shape index (κ2) is 5.49. The number of thiophene rings is 1. The third kappa shape index (κ3) is 2.46. The van der Waals surface area contributed by atoms with Gasteiger partial charge in [-0.25, -0.2) is 0 Å². The molecule has 0 fully saturated rings. The largest absolute Gasteiger partial charge is 0.271 e. The van der Waals surface area contributed by atoms with Crippen LogP contribution in [0.15, 0.2) is 6.07 Å². The summed E-state index contributed by atoms with van der Waals surface area (Å²) in [6, 6.07) is 2.55. The third-order valence-corrected chi connectivity index (χ3v) is 4.49. The molecule has 3 N–H and O–H groups in total. The summed E-state index contributed by atoms with van der Waals surface area (Å²) in [6.07, 6.45) is 12.1. The molecule has 1 atom stereocenters. The van der Waals surface area contributed by atoms with Gasteiger partial charge in [-0.3, -0.25) is 11.3 Å². The summed E-state index contributed by atoms with van der Waals surface area (Å²) in [5.74, 6) is 8.26. The second-order valence-corrected chi connectivity index (χ2v) is 5.43. The van der Waals surface area contributed by atoms with Gasteiger partial charge in [0.05, 0.1) is 6.04 Å². The lowest BCUT2D eigenvalue weighted by molar-refractivity contribution is 0.531. The molecule has 0 radical (unpaired) electrons. The van der Waals surface area contributed by atoms with E-state index < -0.39 is 0 Å². The van der Waals surface area contributed by atoms with Crippen LogP contribution in [0.25, 0.3) is 0 Å². The Morgan fingerprint density at radius 3 is 3.00 bits per heavy atom. The lowest BCUT2D eigenvalue weighted by Crippen LogP contribution is -2.27. The Hall–Kier alpha value is -0.820. The predicted octanol–water partition coefficient (Wildman–Crippen LogP) is 2.54. The number of hydrogen-bond acceptors (Lipinski definition) is 3. The molecular weight excluding hydrogens is 216 g/mol. The van der Waals surface area contributed by atoms with Crippen LogP contribution >= 0.6 is 11.3 Å². The molecule has 0 bridgehead atoms. The Balaban J connectivity index is 2.12. The lowest BCUT2D eigenvalue weighted by atomic mass is 9.98. The zero-order valence-electron chi connectivity index (χ0n) is 9.46. The fraction of sp³-hybridized carbons (Fsp3) is 0.538. The first-order valence-electron chi connectivity index (χ1n) is 5.86. The van der Waals surface area contributed by atoms with Crippen molar-refractivity contribution in [2.45, 2.75) is 44.6 Å². The molecule has 0 saturated heterocycles. The number of rotatable bonds is 4. The summed E-state index contributed by atoms with van der Waals surface area (Å²) < 4.78 is 0. The number of hydrazine groups is 1. The Morgan fingerprint density at radius 2 is 2.31 bits per heavy atom. The highest BCUT2D eigenvalue weighted by Gasteiger charge is 2.17. The van der Waals surface area contributed by atoms with Gasteiger partial charge in [-0.05, 0) is 43.7 Å². The molecule has 3 heteroatoms. The summed E-state index contributed by atoms with van der Waals surface area (Å²) in [4.78, 5) is 2.91. The highest BCUT2D eigenvalue weighted by molar-refractivity contribution is 7.12. The van der Waals surface area contributed by atoms with E-state index in [1.807, 2.05) is 11.3 Å².